The normalized spacial score (nSPS) is 21.7. The van der Waals surface area contributed by atoms with Crippen molar-refractivity contribution in [3.8, 4) is 0 Å². The first kappa shape index (κ1) is 20.7. The van der Waals surface area contributed by atoms with Crippen molar-refractivity contribution in [1.29, 1.82) is 0 Å². The zero-order valence-corrected chi connectivity index (χ0v) is 18.5. The lowest BCUT2D eigenvalue weighted by Gasteiger charge is -2.38. The number of hydrogen-bond acceptors (Lipinski definition) is 4. The SMILES string of the molecule is Cc1ccc(C(=O)N2CCC[C@@H](C(=O)N3CCC[C@H](c4nnc5ccccn45)C3)C2)cc1. The third-order valence-corrected chi connectivity index (χ3v) is 6.79. The minimum atomic E-state index is -0.132. The van der Waals surface area contributed by atoms with Crippen LogP contribution in [-0.2, 0) is 4.79 Å². The molecule has 0 spiro atoms. The third-order valence-electron chi connectivity index (χ3n) is 6.79. The van der Waals surface area contributed by atoms with Gasteiger partial charge in [-0.05, 0) is 56.9 Å². The summed E-state index contributed by atoms with van der Waals surface area (Å²) >= 11 is 0. The van der Waals surface area contributed by atoms with Crippen molar-refractivity contribution in [2.45, 2.75) is 38.5 Å². The first-order chi connectivity index (χ1) is 15.6. The quantitative estimate of drug-likeness (QED) is 0.638. The molecule has 0 aliphatic carbocycles. The lowest BCUT2D eigenvalue weighted by molar-refractivity contribution is -0.138. The number of fused-ring (bicyclic) bond motifs is 1. The molecule has 166 valence electrons. The maximum absolute atomic E-state index is 13.4. The number of benzene rings is 1. The lowest BCUT2D eigenvalue weighted by atomic mass is 9.92. The van der Waals surface area contributed by atoms with E-state index in [0.717, 1.165) is 49.3 Å². The standard InChI is InChI=1S/C25H29N5O2/c1-18-9-11-19(12-10-18)24(31)29-14-5-7-21(17-29)25(32)28-13-4-6-20(16-28)23-27-26-22-8-2-3-15-30(22)23/h2-3,8-12,15,20-21H,4-7,13-14,16-17H2,1H3/t20-,21+/m0/s1. The van der Waals surface area contributed by atoms with Crippen molar-refractivity contribution in [2.75, 3.05) is 26.2 Å². The van der Waals surface area contributed by atoms with E-state index in [4.69, 9.17) is 0 Å². The average Bonchev–Trinajstić information content (AvgIpc) is 3.28. The fraction of sp³-hybridized carbons (Fsp3) is 0.440. The van der Waals surface area contributed by atoms with Crippen molar-refractivity contribution < 1.29 is 9.59 Å². The van der Waals surface area contributed by atoms with Crippen LogP contribution in [0.2, 0.25) is 0 Å². The number of aryl methyl sites for hydroxylation is 1. The largest absolute Gasteiger partial charge is 0.342 e. The molecule has 5 rings (SSSR count). The summed E-state index contributed by atoms with van der Waals surface area (Å²) in [5.74, 6) is 1.17. The van der Waals surface area contributed by atoms with Crippen LogP contribution < -0.4 is 0 Å². The molecule has 2 aliphatic heterocycles. The van der Waals surface area contributed by atoms with Gasteiger partial charge in [0.15, 0.2) is 5.65 Å². The number of piperidine rings is 2. The first-order valence-electron chi connectivity index (χ1n) is 11.5. The summed E-state index contributed by atoms with van der Waals surface area (Å²) in [4.78, 5) is 30.2. The Morgan fingerprint density at radius 2 is 1.69 bits per heavy atom. The highest BCUT2D eigenvalue weighted by Gasteiger charge is 2.34. The van der Waals surface area contributed by atoms with Crippen molar-refractivity contribution in [1.82, 2.24) is 24.4 Å². The van der Waals surface area contributed by atoms with E-state index in [1.54, 1.807) is 0 Å². The Labute approximate surface area is 188 Å². The van der Waals surface area contributed by atoms with Gasteiger partial charge in [-0.3, -0.25) is 14.0 Å². The number of hydrogen-bond donors (Lipinski definition) is 0. The van der Waals surface area contributed by atoms with Crippen molar-refractivity contribution in [2.24, 2.45) is 5.92 Å². The number of nitrogens with zero attached hydrogens (tertiary/aromatic N) is 5. The Morgan fingerprint density at radius 1 is 0.906 bits per heavy atom. The average molecular weight is 432 g/mol. The van der Waals surface area contributed by atoms with Gasteiger partial charge in [-0.2, -0.15) is 0 Å². The summed E-state index contributed by atoms with van der Waals surface area (Å²) in [6.45, 7) is 4.66. The minimum Gasteiger partial charge on any atom is -0.342 e. The molecular formula is C25H29N5O2. The number of rotatable bonds is 3. The van der Waals surface area contributed by atoms with E-state index in [1.807, 2.05) is 69.8 Å². The van der Waals surface area contributed by atoms with Crippen LogP contribution >= 0.6 is 0 Å². The molecule has 0 radical (unpaired) electrons. The van der Waals surface area contributed by atoms with Gasteiger partial charge in [0.2, 0.25) is 5.91 Å². The van der Waals surface area contributed by atoms with Crippen LogP contribution in [0.3, 0.4) is 0 Å². The lowest BCUT2D eigenvalue weighted by Crippen LogP contribution is -2.49. The molecule has 2 saturated heterocycles. The van der Waals surface area contributed by atoms with Crippen LogP contribution in [0.5, 0.6) is 0 Å². The molecule has 0 bridgehead atoms. The number of carbonyl (C=O) groups is 2. The van der Waals surface area contributed by atoms with Gasteiger partial charge >= 0.3 is 0 Å². The van der Waals surface area contributed by atoms with E-state index in [-0.39, 0.29) is 23.7 Å². The van der Waals surface area contributed by atoms with Gasteiger partial charge in [-0.15, -0.1) is 10.2 Å². The molecule has 32 heavy (non-hydrogen) atoms. The fourth-order valence-electron chi connectivity index (χ4n) is 5.03. The van der Waals surface area contributed by atoms with Crippen LogP contribution in [0.1, 0.15) is 53.3 Å². The summed E-state index contributed by atoms with van der Waals surface area (Å²) in [7, 11) is 0. The second kappa shape index (κ2) is 8.73. The highest BCUT2D eigenvalue weighted by atomic mass is 16.2. The van der Waals surface area contributed by atoms with E-state index in [2.05, 4.69) is 10.2 Å². The monoisotopic (exact) mass is 431 g/mol. The summed E-state index contributed by atoms with van der Waals surface area (Å²) in [5.41, 5.74) is 2.66. The molecule has 2 atom stereocenters. The van der Waals surface area contributed by atoms with Crippen LogP contribution in [0.25, 0.3) is 5.65 Å². The molecule has 1 aromatic carbocycles. The molecule has 0 N–H and O–H groups in total. The molecule has 0 unspecified atom stereocenters. The summed E-state index contributed by atoms with van der Waals surface area (Å²) in [6.07, 6.45) is 5.64. The molecular weight excluding hydrogens is 402 g/mol. The summed E-state index contributed by atoms with van der Waals surface area (Å²) < 4.78 is 2.03. The van der Waals surface area contributed by atoms with E-state index in [0.29, 0.717) is 25.2 Å². The predicted molar refractivity (Wildman–Crippen MR) is 121 cm³/mol. The molecule has 7 heteroatoms. The van der Waals surface area contributed by atoms with Gasteiger partial charge in [-0.1, -0.05) is 23.8 Å². The van der Waals surface area contributed by atoms with E-state index in [9.17, 15) is 9.59 Å². The number of carbonyl (C=O) groups excluding carboxylic acids is 2. The smallest absolute Gasteiger partial charge is 0.253 e. The Hall–Kier alpha value is -3.22. The van der Waals surface area contributed by atoms with E-state index >= 15 is 0 Å². The van der Waals surface area contributed by atoms with Gasteiger partial charge in [-0.25, -0.2) is 0 Å². The molecule has 2 aromatic heterocycles. The summed E-state index contributed by atoms with van der Waals surface area (Å²) in [5, 5.41) is 8.70. The zero-order valence-electron chi connectivity index (χ0n) is 18.5. The highest BCUT2D eigenvalue weighted by Crippen LogP contribution is 2.29. The molecule has 4 heterocycles. The molecule has 7 nitrogen and oxygen atoms in total. The third kappa shape index (κ3) is 3.99. The Morgan fingerprint density at radius 3 is 2.53 bits per heavy atom. The van der Waals surface area contributed by atoms with Crippen molar-refractivity contribution in [3.05, 3.63) is 65.6 Å². The van der Waals surface area contributed by atoms with Crippen molar-refractivity contribution in [3.63, 3.8) is 0 Å². The van der Waals surface area contributed by atoms with Crippen molar-refractivity contribution >= 4 is 17.5 Å². The highest BCUT2D eigenvalue weighted by molar-refractivity contribution is 5.94. The molecule has 2 fully saturated rings. The van der Waals surface area contributed by atoms with E-state index < -0.39 is 0 Å². The topological polar surface area (TPSA) is 70.8 Å². The van der Waals surface area contributed by atoms with Gasteiger partial charge in [0.1, 0.15) is 5.82 Å². The zero-order chi connectivity index (χ0) is 22.1. The Kier molecular flexibility index (Phi) is 5.64. The van der Waals surface area contributed by atoms with Crippen LogP contribution in [-0.4, -0.2) is 62.4 Å². The molecule has 2 amide bonds. The maximum atomic E-state index is 13.4. The first-order valence-corrected chi connectivity index (χ1v) is 11.5. The Bertz CT molecular complexity index is 1120. The van der Waals surface area contributed by atoms with Crippen LogP contribution in [0.4, 0.5) is 0 Å². The summed E-state index contributed by atoms with van der Waals surface area (Å²) in [6, 6.07) is 13.6. The molecule has 3 aromatic rings. The second-order valence-electron chi connectivity index (χ2n) is 9.07. The number of likely N-dealkylation sites (tertiary alicyclic amines) is 2. The minimum absolute atomic E-state index is 0.0222. The fourth-order valence-corrected chi connectivity index (χ4v) is 5.03. The van der Waals surface area contributed by atoms with Gasteiger partial charge in [0.05, 0.1) is 5.92 Å². The number of pyridine rings is 1. The number of aromatic nitrogens is 3. The van der Waals surface area contributed by atoms with Crippen LogP contribution in [0, 0.1) is 12.8 Å². The van der Waals surface area contributed by atoms with Gasteiger partial charge < -0.3 is 9.80 Å². The van der Waals surface area contributed by atoms with Crippen LogP contribution in [0.15, 0.2) is 48.7 Å². The predicted octanol–water partition coefficient (Wildman–Crippen LogP) is 3.30. The number of amides is 2. The van der Waals surface area contributed by atoms with Gasteiger partial charge in [0, 0.05) is 43.9 Å². The maximum Gasteiger partial charge on any atom is 0.253 e. The molecule has 0 saturated carbocycles. The van der Waals surface area contributed by atoms with E-state index in [1.165, 1.54) is 0 Å². The Balaban J connectivity index is 1.27. The molecule has 2 aliphatic rings. The van der Waals surface area contributed by atoms with Gasteiger partial charge in [0.25, 0.3) is 5.91 Å². The second-order valence-corrected chi connectivity index (χ2v) is 9.07.